The van der Waals surface area contributed by atoms with E-state index in [1.54, 1.807) is 31.2 Å². The fraction of sp³-hybridized carbons (Fsp3) is 0.286. The van der Waals surface area contributed by atoms with Gasteiger partial charge >= 0.3 is 5.97 Å². The van der Waals surface area contributed by atoms with Crippen LogP contribution in [-0.4, -0.2) is 33.7 Å². The van der Waals surface area contributed by atoms with Crippen molar-refractivity contribution in [2.75, 3.05) is 6.54 Å². The minimum atomic E-state index is -0.913. The van der Waals surface area contributed by atoms with Crippen LogP contribution in [-0.2, 0) is 4.79 Å². The van der Waals surface area contributed by atoms with Crippen LogP contribution >= 0.6 is 0 Å². The number of nitrogens with one attached hydrogen (secondary N) is 2. The number of benzene rings is 1. The molecule has 0 aliphatic heterocycles. The minimum absolute atomic E-state index is 0.0277. The molecule has 7 nitrogen and oxygen atoms in total. The molecule has 0 saturated carbocycles. The Morgan fingerprint density at radius 3 is 2.67 bits per heavy atom. The van der Waals surface area contributed by atoms with Crippen LogP contribution in [0.25, 0.3) is 10.8 Å². The third-order valence-electron chi connectivity index (χ3n) is 3.05. The number of H-pyrrole nitrogens is 1. The predicted octanol–water partition coefficient (Wildman–Crippen LogP) is 0.764. The molecule has 0 bridgehead atoms. The summed E-state index contributed by atoms with van der Waals surface area (Å²) in [5.74, 6) is -1.55. The molecule has 1 heterocycles. The van der Waals surface area contributed by atoms with Gasteiger partial charge in [-0.2, -0.15) is 5.10 Å². The maximum atomic E-state index is 12.1. The molecule has 1 aromatic heterocycles. The lowest BCUT2D eigenvalue weighted by molar-refractivity contribution is -0.137. The first-order valence-electron chi connectivity index (χ1n) is 6.46. The van der Waals surface area contributed by atoms with Gasteiger partial charge in [-0.1, -0.05) is 25.1 Å². The van der Waals surface area contributed by atoms with Gasteiger partial charge in [-0.05, 0) is 12.0 Å². The van der Waals surface area contributed by atoms with Gasteiger partial charge in [-0.15, -0.1) is 0 Å². The van der Waals surface area contributed by atoms with Crippen molar-refractivity contribution in [1.29, 1.82) is 0 Å². The van der Waals surface area contributed by atoms with Gasteiger partial charge in [0.1, 0.15) is 0 Å². The van der Waals surface area contributed by atoms with Crippen molar-refractivity contribution >= 4 is 22.6 Å². The van der Waals surface area contributed by atoms with Crippen LogP contribution in [0.3, 0.4) is 0 Å². The molecule has 2 rings (SSSR count). The van der Waals surface area contributed by atoms with Gasteiger partial charge in [0.2, 0.25) is 0 Å². The molecule has 0 fully saturated rings. The SMILES string of the molecule is CC(CNC(=O)c1n[nH]c(=O)c2ccccc12)CC(=O)O. The van der Waals surface area contributed by atoms with E-state index in [0.29, 0.717) is 10.8 Å². The predicted molar refractivity (Wildman–Crippen MR) is 76.1 cm³/mol. The Balaban J connectivity index is 2.19. The highest BCUT2D eigenvalue weighted by Crippen LogP contribution is 2.12. The Labute approximate surface area is 120 Å². The monoisotopic (exact) mass is 289 g/mol. The van der Waals surface area contributed by atoms with E-state index >= 15 is 0 Å². The Bertz CT molecular complexity index is 738. The van der Waals surface area contributed by atoms with E-state index in [0.717, 1.165) is 0 Å². The average molecular weight is 289 g/mol. The molecule has 1 amide bonds. The number of hydrogen-bond acceptors (Lipinski definition) is 4. The average Bonchev–Trinajstić information content (AvgIpc) is 2.45. The lowest BCUT2D eigenvalue weighted by Gasteiger charge is -2.10. The van der Waals surface area contributed by atoms with E-state index in [2.05, 4.69) is 15.5 Å². The fourth-order valence-corrected chi connectivity index (χ4v) is 2.01. The normalized spacial score (nSPS) is 12.0. The molecule has 0 saturated heterocycles. The topological polar surface area (TPSA) is 112 Å². The molecule has 0 radical (unpaired) electrons. The van der Waals surface area contributed by atoms with Crippen molar-refractivity contribution in [2.24, 2.45) is 5.92 Å². The summed E-state index contributed by atoms with van der Waals surface area (Å²) in [6.45, 7) is 1.95. The van der Waals surface area contributed by atoms with Gasteiger partial charge in [0.05, 0.1) is 5.39 Å². The zero-order valence-corrected chi connectivity index (χ0v) is 11.4. The van der Waals surface area contributed by atoms with Crippen LogP contribution in [0.5, 0.6) is 0 Å². The van der Waals surface area contributed by atoms with Gasteiger partial charge in [0.25, 0.3) is 11.5 Å². The van der Waals surface area contributed by atoms with Crippen LogP contribution in [0.15, 0.2) is 29.1 Å². The molecule has 1 atom stereocenters. The third kappa shape index (κ3) is 3.44. The molecule has 110 valence electrons. The van der Waals surface area contributed by atoms with Crippen LogP contribution in [0.4, 0.5) is 0 Å². The zero-order valence-electron chi connectivity index (χ0n) is 11.4. The highest BCUT2D eigenvalue weighted by molar-refractivity contribution is 6.04. The van der Waals surface area contributed by atoms with E-state index < -0.39 is 11.9 Å². The summed E-state index contributed by atoms with van der Waals surface area (Å²) in [7, 11) is 0. The Morgan fingerprint density at radius 1 is 1.33 bits per heavy atom. The summed E-state index contributed by atoms with van der Waals surface area (Å²) in [4.78, 5) is 34.3. The number of aliphatic carboxylic acids is 1. The van der Waals surface area contributed by atoms with Gasteiger partial charge in [-0.3, -0.25) is 14.4 Å². The number of carbonyl (C=O) groups excluding carboxylic acids is 1. The largest absolute Gasteiger partial charge is 0.481 e. The number of aromatic nitrogens is 2. The second-order valence-electron chi connectivity index (χ2n) is 4.86. The highest BCUT2D eigenvalue weighted by Gasteiger charge is 2.15. The van der Waals surface area contributed by atoms with Gasteiger partial charge in [-0.25, -0.2) is 5.10 Å². The summed E-state index contributed by atoms with van der Waals surface area (Å²) < 4.78 is 0. The fourth-order valence-electron chi connectivity index (χ4n) is 2.01. The van der Waals surface area contributed by atoms with Crippen LogP contribution in [0.1, 0.15) is 23.8 Å². The third-order valence-corrected chi connectivity index (χ3v) is 3.05. The number of hydrogen-bond donors (Lipinski definition) is 3. The van der Waals surface area contributed by atoms with Crippen molar-refractivity contribution < 1.29 is 14.7 Å². The number of carbonyl (C=O) groups is 2. The molecule has 1 unspecified atom stereocenters. The van der Waals surface area contributed by atoms with Crippen LogP contribution < -0.4 is 10.9 Å². The number of fused-ring (bicyclic) bond motifs is 1. The van der Waals surface area contributed by atoms with E-state index in [4.69, 9.17) is 5.11 Å². The minimum Gasteiger partial charge on any atom is -0.481 e. The second kappa shape index (κ2) is 6.17. The first-order valence-corrected chi connectivity index (χ1v) is 6.46. The number of rotatable bonds is 5. The van der Waals surface area contributed by atoms with Gasteiger partial charge in [0.15, 0.2) is 5.69 Å². The van der Waals surface area contributed by atoms with Crippen molar-refractivity contribution in [2.45, 2.75) is 13.3 Å². The standard InChI is InChI=1S/C14H15N3O4/c1-8(6-11(18)19)7-15-14(21)12-9-4-2-3-5-10(9)13(20)17-16-12/h2-5,8H,6-7H2,1H3,(H,15,21)(H,17,20)(H,18,19). The summed E-state index contributed by atoms with van der Waals surface area (Å²) in [6, 6.07) is 6.67. The second-order valence-corrected chi connectivity index (χ2v) is 4.86. The first kappa shape index (κ1) is 14.7. The lowest BCUT2D eigenvalue weighted by Crippen LogP contribution is -2.31. The van der Waals surface area contributed by atoms with Crippen molar-refractivity contribution in [3.8, 4) is 0 Å². The first-order chi connectivity index (χ1) is 9.99. The van der Waals surface area contributed by atoms with E-state index in [-0.39, 0.29) is 30.1 Å². The molecule has 7 heteroatoms. The summed E-state index contributed by atoms with van der Waals surface area (Å²) in [5, 5.41) is 18.2. The van der Waals surface area contributed by atoms with E-state index in [1.165, 1.54) is 0 Å². The zero-order chi connectivity index (χ0) is 15.4. The van der Waals surface area contributed by atoms with Crippen molar-refractivity contribution in [1.82, 2.24) is 15.5 Å². The number of amides is 1. The molecule has 0 aliphatic rings. The number of aromatic amines is 1. The molecular formula is C14H15N3O4. The molecule has 21 heavy (non-hydrogen) atoms. The molecule has 2 aromatic rings. The maximum absolute atomic E-state index is 12.1. The molecule has 3 N–H and O–H groups in total. The summed E-state index contributed by atoms with van der Waals surface area (Å²) in [5.41, 5.74) is -0.242. The maximum Gasteiger partial charge on any atom is 0.303 e. The van der Waals surface area contributed by atoms with E-state index in [9.17, 15) is 14.4 Å². The number of carboxylic acids is 1. The highest BCUT2D eigenvalue weighted by atomic mass is 16.4. The Kier molecular flexibility index (Phi) is 4.32. The smallest absolute Gasteiger partial charge is 0.303 e. The summed E-state index contributed by atoms with van der Waals surface area (Å²) in [6.07, 6.45) is -0.0277. The molecule has 0 spiro atoms. The summed E-state index contributed by atoms with van der Waals surface area (Å²) >= 11 is 0. The van der Waals surface area contributed by atoms with Crippen molar-refractivity contribution in [3.63, 3.8) is 0 Å². The van der Waals surface area contributed by atoms with Gasteiger partial charge in [0, 0.05) is 18.4 Å². The van der Waals surface area contributed by atoms with Gasteiger partial charge < -0.3 is 10.4 Å². The number of carboxylic acid groups (broad SMARTS) is 1. The molecule has 0 aliphatic carbocycles. The molecular weight excluding hydrogens is 274 g/mol. The molecule has 1 aromatic carbocycles. The van der Waals surface area contributed by atoms with Crippen molar-refractivity contribution in [3.05, 3.63) is 40.3 Å². The lowest BCUT2D eigenvalue weighted by atomic mass is 10.1. The van der Waals surface area contributed by atoms with Crippen LogP contribution in [0.2, 0.25) is 0 Å². The number of nitrogens with zero attached hydrogens (tertiary/aromatic N) is 1. The van der Waals surface area contributed by atoms with Crippen LogP contribution in [0, 0.1) is 5.92 Å². The quantitative estimate of drug-likeness (QED) is 0.752. The van der Waals surface area contributed by atoms with E-state index in [1.807, 2.05) is 0 Å². The Hall–Kier alpha value is -2.70. The Morgan fingerprint density at radius 2 is 2.00 bits per heavy atom.